The standard InChI is InChI=1S/C22H24N6O2S/c31-22(23-13-18-6-3-9-30-18)26-21-24-19(27-7-10-29-11-8-27)12-20(25-21)28-14-16-4-1-2-5-17(16)15-28/h1-6,9,12H,7-8,10-11,13-15H2,(H2,23,24,25,26,31). The summed E-state index contributed by atoms with van der Waals surface area (Å²) in [5.74, 6) is 3.04. The van der Waals surface area contributed by atoms with E-state index in [4.69, 9.17) is 31.3 Å². The fourth-order valence-electron chi connectivity index (χ4n) is 3.82. The van der Waals surface area contributed by atoms with E-state index in [-0.39, 0.29) is 0 Å². The Labute approximate surface area is 186 Å². The predicted molar refractivity (Wildman–Crippen MR) is 123 cm³/mol. The molecule has 1 aromatic carbocycles. The van der Waals surface area contributed by atoms with Gasteiger partial charge in [0, 0.05) is 32.2 Å². The monoisotopic (exact) mass is 436 g/mol. The molecule has 160 valence electrons. The predicted octanol–water partition coefficient (Wildman–Crippen LogP) is 2.91. The lowest BCUT2D eigenvalue weighted by atomic mass is 10.1. The molecule has 4 heterocycles. The van der Waals surface area contributed by atoms with E-state index < -0.39 is 0 Å². The van der Waals surface area contributed by atoms with Crippen LogP contribution in [0.25, 0.3) is 0 Å². The highest BCUT2D eigenvalue weighted by Crippen LogP contribution is 2.29. The van der Waals surface area contributed by atoms with Crippen molar-refractivity contribution in [2.45, 2.75) is 19.6 Å². The molecule has 5 rings (SSSR count). The first-order valence-corrected chi connectivity index (χ1v) is 10.8. The van der Waals surface area contributed by atoms with Gasteiger partial charge in [-0.1, -0.05) is 24.3 Å². The van der Waals surface area contributed by atoms with Gasteiger partial charge in [-0.15, -0.1) is 0 Å². The van der Waals surface area contributed by atoms with Gasteiger partial charge in [0.15, 0.2) is 5.11 Å². The smallest absolute Gasteiger partial charge is 0.232 e. The van der Waals surface area contributed by atoms with Gasteiger partial charge in [-0.2, -0.15) is 9.97 Å². The lowest BCUT2D eigenvalue weighted by molar-refractivity contribution is 0.122. The summed E-state index contributed by atoms with van der Waals surface area (Å²) in [6, 6.07) is 14.3. The molecule has 1 fully saturated rings. The Hall–Kier alpha value is -3.17. The van der Waals surface area contributed by atoms with E-state index in [9.17, 15) is 0 Å². The summed E-state index contributed by atoms with van der Waals surface area (Å²) in [5.41, 5.74) is 2.67. The van der Waals surface area contributed by atoms with Gasteiger partial charge in [0.05, 0.1) is 26.0 Å². The number of anilines is 3. The van der Waals surface area contributed by atoms with Crippen molar-refractivity contribution < 1.29 is 9.15 Å². The van der Waals surface area contributed by atoms with E-state index in [2.05, 4.69) is 50.8 Å². The highest BCUT2D eigenvalue weighted by Gasteiger charge is 2.23. The fourth-order valence-corrected chi connectivity index (χ4v) is 3.98. The largest absolute Gasteiger partial charge is 0.467 e. The normalized spacial score (nSPS) is 15.6. The summed E-state index contributed by atoms with van der Waals surface area (Å²) in [4.78, 5) is 14.0. The van der Waals surface area contributed by atoms with Crippen LogP contribution in [0, 0.1) is 0 Å². The number of hydrogen-bond acceptors (Lipinski definition) is 7. The SMILES string of the molecule is S=C(NCc1ccco1)Nc1nc(N2CCOCC2)cc(N2Cc3ccccc3C2)n1. The lowest BCUT2D eigenvalue weighted by Crippen LogP contribution is -2.37. The molecule has 0 aliphatic carbocycles. The van der Waals surface area contributed by atoms with Gasteiger partial charge >= 0.3 is 0 Å². The van der Waals surface area contributed by atoms with Gasteiger partial charge in [0.25, 0.3) is 0 Å². The molecule has 3 aromatic rings. The molecule has 8 nitrogen and oxygen atoms in total. The van der Waals surface area contributed by atoms with E-state index in [0.717, 1.165) is 43.6 Å². The summed E-state index contributed by atoms with van der Waals surface area (Å²) in [6.07, 6.45) is 1.64. The van der Waals surface area contributed by atoms with Crippen molar-refractivity contribution in [2.75, 3.05) is 41.4 Å². The van der Waals surface area contributed by atoms with Gasteiger partial charge in [-0.3, -0.25) is 0 Å². The molecule has 1 saturated heterocycles. The van der Waals surface area contributed by atoms with Crippen LogP contribution in [0.2, 0.25) is 0 Å². The number of hydrogen-bond donors (Lipinski definition) is 2. The molecule has 0 amide bonds. The van der Waals surface area contributed by atoms with Crippen molar-refractivity contribution in [3.8, 4) is 0 Å². The highest BCUT2D eigenvalue weighted by atomic mass is 32.1. The quantitative estimate of drug-likeness (QED) is 0.587. The molecular weight excluding hydrogens is 412 g/mol. The van der Waals surface area contributed by atoms with Crippen LogP contribution < -0.4 is 20.4 Å². The van der Waals surface area contributed by atoms with Crippen LogP contribution >= 0.6 is 12.2 Å². The molecule has 0 saturated carbocycles. The second-order valence-corrected chi connectivity index (χ2v) is 7.93. The van der Waals surface area contributed by atoms with Crippen LogP contribution in [-0.4, -0.2) is 41.4 Å². The Morgan fingerprint density at radius 1 is 0.968 bits per heavy atom. The molecule has 0 bridgehead atoms. The Bertz CT molecular complexity index is 1030. The van der Waals surface area contributed by atoms with Crippen molar-refractivity contribution in [1.29, 1.82) is 0 Å². The molecule has 0 radical (unpaired) electrons. The maximum absolute atomic E-state index is 5.50. The maximum atomic E-state index is 5.50. The number of aromatic nitrogens is 2. The summed E-state index contributed by atoms with van der Waals surface area (Å²) < 4.78 is 10.8. The molecular formula is C22H24N6O2S. The summed E-state index contributed by atoms with van der Waals surface area (Å²) in [7, 11) is 0. The fraction of sp³-hybridized carbons (Fsp3) is 0.318. The number of nitrogens with one attached hydrogen (secondary N) is 2. The third-order valence-corrected chi connectivity index (χ3v) is 5.67. The second-order valence-electron chi connectivity index (χ2n) is 7.52. The van der Waals surface area contributed by atoms with Crippen LogP contribution in [0.3, 0.4) is 0 Å². The van der Waals surface area contributed by atoms with Gasteiger partial charge in [0.2, 0.25) is 5.95 Å². The second kappa shape index (κ2) is 8.91. The number of ether oxygens (including phenoxy) is 1. The maximum Gasteiger partial charge on any atom is 0.232 e. The Morgan fingerprint density at radius 2 is 1.68 bits per heavy atom. The van der Waals surface area contributed by atoms with Gasteiger partial charge in [-0.25, -0.2) is 0 Å². The summed E-state index contributed by atoms with van der Waals surface area (Å²) in [6.45, 7) is 5.15. The van der Waals surface area contributed by atoms with Gasteiger partial charge in [-0.05, 0) is 35.5 Å². The molecule has 31 heavy (non-hydrogen) atoms. The van der Waals surface area contributed by atoms with Crippen molar-refractivity contribution in [3.05, 3.63) is 65.6 Å². The number of rotatable bonds is 5. The van der Waals surface area contributed by atoms with E-state index in [1.54, 1.807) is 6.26 Å². The average Bonchev–Trinajstić information content (AvgIpc) is 3.48. The van der Waals surface area contributed by atoms with E-state index in [1.807, 2.05) is 12.1 Å². The molecule has 2 aliphatic heterocycles. The molecule has 2 aliphatic rings. The Kier molecular flexibility index (Phi) is 5.68. The van der Waals surface area contributed by atoms with Crippen LogP contribution in [0.5, 0.6) is 0 Å². The Balaban J connectivity index is 1.36. The van der Waals surface area contributed by atoms with E-state index >= 15 is 0 Å². The molecule has 2 aromatic heterocycles. The van der Waals surface area contributed by atoms with Crippen LogP contribution in [0.4, 0.5) is 17.6 Å². The zero-order valence-electron chi connectivity index (χ0n) is 17.1. The average molecular weight is 437 g/mol. The molecule has 2 N–H and O–H groups in total. The minimum atomic E-state index is 0.450. The van der Waals surface area contributed by atoms with Crippen LogP contribution in [-0.2, 0) is 24.4 Å². The van der Waals surface area contributed by atoms with E-state index in [0.29, 0.717) is 30.8 Å². The minimum absolute atomic E-state index is 0.450. The Morgan fingerprint density at radius 3 is 2.35 bits per heavy atom. The number of fused-ring (bicyclic) bond motifs is 1. The molecule has 0 atom stereocenters. The van der Waals surface area contributed by atoms with Gasteiger partial charge in [0.1, 0.15) is 17.4 Å². The van der Waals surface area contributed by atoms with E-state index in [1.165, 1.54) is 11.1 Å². The first kappa shape index (κ1) is 19.8. The molecule has 0 unspecified atom stereocenters. The summed E-state index contributed by atoms with van der Waals surface area (Å²) >= 11 is 5.45. The first-order chi connectivity index (χ1) is 15.2. The number of furan rings is 1. The van der Waals surface area contributed by atoms with Crippen molar-refractivity contribution in [2.24, 2.45) is 0 Å². The van der Waals surface area contributed by atoms with Gasteiger partial charge < -0.3 is 29.6 Å². The molecule has 9 heteroatoms. The number of benzene rings is 1. The summed E-state index contributed by atoms with van der Waals surface area (Å²) in [5, 5.41) is 6.73. The molecule has 0 spiro atoms. The minimum Gasteiger partial charge on any atom is -0.467 e. The highest BCUT2D eigenvalue weighted by molar-refractivity contribution is 7.80. The number of thiocarbonyl (C=S) groups is 1. The number of nitrogens with zero attached hydrogens (tertiary/aromatic N) is 4. The van der Waals surface area contributed by atoms with Crippen LogP contribution in [0.1, 0.15) is 16.9 Å². The van der Waals surface area contributed by atoms with Crippen molar-refractivity contribution >= 4 is 34.9 Å². The van der Waals surface area contributed by atoms with Crippen LogP contribution in [0.15, 0.2) is 53.1 Å². The zero-order valence-corrected chi connectivity index (χ0v) is 17.9. The number of morpholine rings is 1. The van der Waals surface area contributed by atoms with Crippen molar-refractivity contribution in [1.82, 2.24) is 15.3 Å². The first-order valence-electron chi connectivity index (χ1n) is 10.4. The zero-order chi connectivity index (χ0) is 21.0. The topological polar surface area (TPSA) is 78.7 Å². The lowest BCUT2D eigenvalue weighted by Gasteiger charge is -2.29. The third-order valence-electron chi connectivity index (χ3n) is 5.43. The third kappa shape index (κ3) is 4.62. The van der Waals surface area contributed by atoms with Crippen molar-refractivity contribution in [3.63, 3.8) is 0 Å².